The number of rotatable bonds is 5. The molecule has 0 aromatic carbocycles. The number of aliphatic hydroxyl groups excluding tert-OH is 1. The zero-order valence-corrected chi connectivity index (χ0v) is 10.0. The van der Waals surface area contributed by atoms with Crippen LogP contribution in [-0.4, -0.2) is 5.11 Å². The van der Waals surface area contributed by atoms with Crippen molar-refractivity contribution < 1.29 is 9.52 Å². The molecule has 2 aromatic rings. The average Bonchev–Trinajstić information content (AvgIpc) is 2.88. The number of hydrogen-bond donors (Lipinski definition) is 2. The fourth-order valence-corrected chi connectivity index (χ4v) is 2.35. The Morgan fingerprint density at radius 3 is 2.62 bits per heavy atom. The summed E-state index contributed by atoms with van der Waals surface area (Å²) in [6.45, 7) is 3.61. The highest BCUT2D eigenvalue weighted by molar-refractivity contribution is 7.11. The zero-order valence-electron chi connectivity index (χ0n) is 9.19. The molecule has 0 radical (unpaired) electrons. The molecule has 3 nitrogen and oxygen atoms in total. The van der Waals surface area contributed by atoms with E-state index < -0.39 is 0 Å². The molecule has 4 heteroatoms. The molecule has 2 rings (SSSR count). The van der Waals surface area contributed by atoms with E-state index in [9.17, 15) is 0 Å². The summed E-state index contributed by atoms with van der Waals surface area (Å²) in [5.41, 5.74) is 0. The molecule has 0 spiro atoms. The van der Waals surface area contributed by atoms with E-state index in [1.165, 1.54) is 9.75 Å². The molecule has 0 atom stereocenters. The third kappa shape index (κ3) is 2.95. The fraction of sp³-hybridized carbons (Fsp3) is 0.333. The largest absolute Gasteiger partial charge is 0.462 e. The Bertz CT molecular complexity index is 447. The minimum absolute atomic E-state index is 0.0376. The maximum Gasteiger partial charge on any atom is 0.129 e. The molecule has 86 valence electrons. The van der Waals surface area contributed by atoms with Crippen molar-refractivity contribution in [2.45, 2.75) is 26.6 Å². The Morgan fingerprint density at radius 1 is 1.19 bits per heavy atom. The highest BCUT2D eigenvalue weighted by Gasteiger charge is 2.01. The van der Waals surface area contributed by atoms with Crippen molar-refractivity contribution in [1.82, 2.24) is 5.32 Å². The van der Waals surface area contributed by atoms with Crippen LogP contribution in [0.15, 0.2) is 28.7 Å². The van der Waals surface area contributed by atoms with Crippen molar-refractivity contribution >= 4 is 11.3 Å². The predicted molar refractivity (Wildman–Crippen MR) is 64.2 cm³/mol. The highest BCUT2D eigenvalue weighted by atomic mass is 32.1. The molecular formula is C12H15NO2S. The van der Waals surface area contributed by atoms with Gasteiger partial charge in [0.25, 0.3) is 0 Å². The smallest absolute Gasteiger partial charge is 0.129 e. The van der Waals surface area contributed by atoms with Crippen molar-refractivity contribution in [2.75, 3.05) is 0 Å². The maximum absolute atomic E-state index is 8.84. The van der Waals surface area contributed by atoms with Gasteiger partial charge in [-0.15, -0.1) is 11.3 Å². The number of aryl methyl sites for hydroxylation is 1. The van der Waals surface area contributed by atoms with Gasteiger partial charge in [-0.25, -0.2) is 0 Å². The molecule has 2 aromatic heterocycles. The van der Waals surface area contributed by atoms with Gasteiger partial charge < -0.3 is 14.8 Å². The summed E-state index contributed by atoms with van der Waals surface area (Å²) in [6, 6.07) is 7.94. The van der Waals surface area contributed by atoms with E-state index in [0.717, 1.165) is 12.3 Å². The molecule has 16 heavy (non-hydrogen) atoms. The van der Waals surface area contributed by atoms with Gasteiger partial charge in [0.05, 0.1) is 6.54 Å². The molecule has 0 amide bonds. The van der Waals surface area contributed by atoms with Gasteiger partial charge in [0.15, 0.2) is 0 Å². The first-order valence-electron chi connectivity index (χ1n) is 5.22. The number of thiophene rings is 1. The number of nitrogens with one attached hydrogen (secondary N) is 1. The summed E-state index contributed by atoms with van der Waals surface area (Å²) in [5, 5.41) is 12.1. The Labute approximate surface area is 98.7 Å². The summed E-state index contributed by atoms with van der Waals surface area (Å²) < 4.78 is 5.37. The van der Waals surface area contributed by atoms with Crippen LogP contribution in [0.25, 0.3) is 0 Å². The maximum atomic E-state index is 8.84. The van der Waals surface area contributed by atoms with Gasteiger partial charge in [0.2, 0.25) is 0 Å². The molecule has 0 aliphatic carbocycles. The second-order valence-corrected chi connectivity index (χ2v) is 5.01. The highest BCUT2D eigenvalue weighted by Crippen LogP contribution is 2.15. The molecule has 0 bridgehead atoms. The summed E-state index contributed by atoms with van der Waals surface area (Å²) in [7, 11) is 0. The van der Waals surface area contributed by atoms with Gasteiger partial charge in [0.1, 0.15) is 18.1 Å². The quantitative estimate of drug-likeness (QED) is 0.839. The van der Waals surface area contributed by atoms with Gasteiger partial charge in [0, 0.05) is 16.3 Å². The van der Waals surface area contributed by atoms with Crippen molar-refractivity contribution in [3.63, 3.8) is 0 Å². The molecular weight excluding hydrogens is 222 g/mol. The monoisotopic (exact) mass is 237 g/mol. The average molecular weight is 237 g/mol. The molecule has 0 saturated carbocycles. The molecule has 0 aliphatic rings. The summed E-state index contributed by atoms with van der Waals surface area (Å²) in [5.74, 6) is 1.47. The van der Waals surface area contributed by atoms with E-state index in [-0.39, 0.29) is 6.61 Å². The topological polar surface area (TPSA) is 45.4 Å². The molecule has 0 unspecified atom stereocenters. The lowest BCUT2D eigenvalue weighted by molar-refractivity contribution is 0.242. The zero-order chi connectivity index (χ0) is 11.4. The number of furan rings is 1. The minimum Gasteiger partial charge on any atom is -0.462 e. The summed E-state index contributed by atoms with van der Waals surface area (Å²) >= 11 is 1.80. The van der Waals surface area contributed by atoms with Crippen LogP contribution >= 0.6 is 11.3 Å². The Morgan fingerprint density at radius 2 is 2.00 bits per heavy atom. The van der Waals surface area contributed by atoms with E-state index >= 15 is 0 Å². The van der Waals surface area contributed by atoms with Gasteiger partial charge in [-0.2, -0.15) is 0 Å². The van der Waals surface area contributed by atoms with Crippen molar-refractivity contribution in [2.24, 2.45) is 0 Å². The van der Waals surface area contributed by atoms with Crippen molar-refractivity contribution in [3.8, 4) is 0 Å². The van der Waals surface area contributed by atoms with Crippen LogP contribution in [0.2, 0.25) is 0 Å². The normalized spacial score (nSPS) is 10.9. The predicted octanol–water partition coefficient (Wildman–Crippen LogP) is 2.43. The summed E-state index contributed by atoms with van der Waals surface area (Å²) in [6.07, 6.45) is 0. The Kier molecular flexibility index (Phi) is 3.77. The van der Waals surface area contributed by atoms with Crippen LogP contribution in [0.1, 0.15) is 21.3 Å². The van der Waals surface area contributed by atoms with Gasteiger partial charge in [-0.1, -0.05) is 0 Å². The van der Waals surface area contributed by atoms with E-state index in [4.69, 9.17) is 9.52 Å². The molecule has 0 fully saturated rings. The second-order valence-electron chi connectivity index (χ2n) is 3.64. The molecule has 2 N–H and O–H groups in total. The van der Waals surface area contributed by atoms with Crippen LogP contribution in [0.4, 0.5) is 0 Å². The van der Waals surface area contributed by atoms with Crippen molar-refractivity contribution in [3.05, 3.63) is 45.5 Å². The lowest BCUT2D eigenvalue weighted by atomic mass is 10.4. The van der Waals surface area contributed by atoms with Crippen LogP contribution in [0.5, 0.6) is 0 Å². The minimum atomic E-state index is -0.0376. The lowest BCUT2D eigenvalue weighted by Gasteiger charge is -1.99. The van der Waals surface area contributed by atoms with Gasteiger partial charge in [-0.3, -0.25) is 0 Å². The fourth-order valence-electron chi connectivity index (χ4n) is 1.49. The van der Waals surface area contributed by atoms with Crippen LogP contribution in [0, 0.1) is 6.92 Å². The molecule has 0 saturated heterocycles. The van der Waals surface area contributed by atoms with Crippen LogP contribution in [0.3, 0.4) is 0 Å². The summed E-state index contributed by atoms with van der Waals surface area (Å²) in [4.78, 5) is 2.66. The Balaban J connectivity index is 1.79. The van der Waals surface area contributed by atoms with E-state index in [1.807, 2.05) is 6.07 Å². The number of aliphatic hydroxyl groups is 1. The third-order valence-corrected chi connectivity index (χ3v) is 3.27. The Hall–Kier alpha value is -1.10. The van der Waals surface area contributed by atoms with Crippen molar-refractivity contribution in [1.29, 1.82) is 0 Å². The first kappa shape index (κ1) is 11.4. The lowest BCUT2D eigenvalue weighted by Crippen LogP contribution is -2.10. The van der Waals surface area contributed by atoms with Gasteiger partial charge >= 0.3 is 0 Å². The van der Waals surface area contributed by atoms with Gasteiger partial charge in [-0.05, 0) is 31.2 Å². The molecule has 2 heterocycles. The standard InChI is InChI=1S/C12H15NO2S/c1-9-2-5-12(16-9)7-13-6-10-3-4-11(8-14)15-10/h2-5,13-14H,6-8H2,1H3. The SMILES string of the molecule is Cc1ccc(CNCc2ccc(CO)o2)s1. The molecule has 0 aliphatic heterocycles. The van der Waals surface area contributed by atoms with E-state index in [2.05, 4.69) is 24.4 Å². The first-order valence-corrected chi connectivity index (χ1v) is 6.04. The number of hydrogen-bond acceptors (Lipinski definition) is 4. The van der Waals surface area contributed by atoms with E-state index in [1.54, 1.807) is 17.4 Å². The second kappa shape index (κ2) is 5.30. The van der Waals surface area contributed by atoms with Crippen LogP contribution in [-0.2, 0) is 19.7 Å². The first-order chi connectivity index (χ1) is 7.78. The van der Waals surface area contributed by atoms with Crippen LogP contribution < -0.4 is 5.32 Å². The van der Waals surface area contributed by atoms with E-state index in [0.29, 0.717) is 12.3 Å². The third-order valence-electron chi connectivity index (χ3n) is 2.27.